The van der Waals surface area contributed by atoms with Gasteiger partial charge in [0.1, 0.15) is 6.10 Å². The van der Waals surface area contributed by atoms with E-state index in [1.807, 2.05) is 6.07 Å². The highest BCUT2D eigenvalue weighted by atomic mass is 16.5. The van der Waals surface area contributed by atoms with E-state index in [4.69, 9.17) is 9.47 Å². The van der Waals surface area contributed by atoms with Crippen molar-refractivity contribution >= 4 is 10.9 Å². The minimum atomic E-state index is 0.198. The monoisotopic (exact) mass is 342 g/mol. The number of aromatic nitrogens is 3. The molecular weight excluding hydrogens is 316 g/mol. The fourth-order valence-electron chi connectivity index (χ4n) is 4.43. The number of nitrogens with one attached hydrogen (secondary N) is 1. The van der Waals surface area contributed by atoms with Crippen molar-refractivity contribution in [2.24, 2.45) is 5.92 Å². The van der Waals surface area contributed by atoms with Crippen LogP contribution >= 0.6 is 0 Å². The largest absolute Gasteiger partial charge is 0.474 e. The summed E-state index contributed by atoms with van der Waals surface area (Å²) < 4.78 is 11.7. The van der Waals surface area contributed by atoms with Crippen LogP contribution in [0.4, 0.5) is 0 Å². The van der Waals surface area contributed by atoms with E-state index >= 15 is 0 Å². The third kappa shape index (κ3) is 2.91. The molecule has 0 aromatic carbocycles. The zero-order valence-electron chi connectivity index (χ0n) is 14.8. The lowest BCUT2D eigenvalue weighted by Gasteiger charge is -2.23. The molecule has 2 aliphatic heterocycles. The van der Waals surface area contributed by atoms with E-state index < -0.39 is 0 Å². The molecule has 4 heterocycles. The molecule has 2 aromatic rings. The zero-order valence-corrected chi connectivity index (χ0v) is 14.8. The van der Waals surface area contributed by atoms with Crippen molar-refractivity contribution in [3.8, 4) is 5.88 Å². The Balaban J connectivity index is 1.40. The quantitative estimate of drug-likeness (QED) is 0.925. The van der Waals surface area contributed by atoms with Crippen LogP contribution in [-0.2, 0) is 4.74 Å². The van der Waals surface area contributed by atoms with Gasteiger partial charge in [-0.05, 0) is 31.4 Å². The van der Waals surface area contributed by atoms with Crippen molar-refractivity contribution in [2.75, 3.05) is 26.3 Å². The van der Waals surface area contributed by atoms with E-state index in [0.29, 0.717) is 12.0 Å². The van der Waals surface area contributed by atoms with E-state index in [0.717, 1.165) is 48.8 Å². The number of hydrogen-bond acceptors (Lipinski definition) is 5. The van der Waals surface area contributed by atoms with Gasteiger partial charge in [-0.1, -0.05) is 6.92 Å². The van der Waals surface area contributed by atoms with Crippen LogP contribution < -0.4 is 4.74 Å². The zero-order chi connectivity index (χ0) is 16.8. The molecule has 25 heavy (non-hydrogen) atoms. The first kappa shape index (κ1) is 15.6. The number of H-pyrrole nitrogens is 1. The summed E-state index contributed by atoms with van der Waals surface area (Å²) in [6.45, 7) is 6.37. The Labute approximate surface area is 147 Å². The molecule has 3 atom stereocenters. The van der Waals surface area contributed by atoms with E-state index in [1.54, 1.807) is 6.20 Å². The molecule has 134 valence electrons. The minimum absolute atomic E-state index is 0.198. The van der Waals surface area contributed by atoms with Crippen LogP contribution in [-0.4, -0.2) is 58.5 Å². The van der Waals surface area contributed by atoms with Gasteiger partial charge in [0, 0.05) is 37.5 Å². The summed E-state index contributed by atoms with van der Waals surface area (Å²) in [5.74, 6) is 2.11. The van der Waals surface area contributed by atoms with Crippen LogP contribution in [0.15, 0.2) is 12.3 Å². The molecular formula is C19H26N4O2. The summed E-state index contributed by atoms with van der Waals surface area (Å²) in [5, 5.41) is 8.91. The summed E-state index contributed by atoms with van der Waals surface area (Å²) in [6.07, 6.45) is 6.41. The SMILES string of the molecule is C[C@@H]1CCN(C2CC2c2[nH]nc3ccnc(OC4CCOCC4)c23)C1. The first-order valence-electron chi connectivity index (χ1n) is 9.61. The Morgan fingerprint density at radius 1 is 1.28 bits per heavy atom. The molecule has 2 saturated heterocycles. The number of nitrogens with zero attached hydrogens (tertiary/aromatic N) is 3. The molecule has 6 nitrogen and oxygen atoms in total. The number of fused-ring (bicyclic) bond motifs is 1. The first-order valence-corrected chi connectivity index (χ1v) is 9.61. The summed E-state index contributed by atoms with van der Waals surface area (Å²) >= 11 is 0. The lowest BCUT2D eigenvalue weighted by atomic mass is 10.1. The molecule has 3 aliphatic rings. The molecule has 0 amide bonds. The molecule has 5 rings (SSSR count). The van der Waals surface area contributed by atoms with E-state index in [2.05, 4.69) is 27.0 Å². The Bertz CT molecular complexity index is 755. The molecule has 2 aromatic heterocycles. The number of aromatic amines is 1. The Morgan fingerprint density at radius 2 is 2.16 bits per heavy atom. The van der Waals surface area contributed by atoms with Crippen molar-refractivity contribution in [1.29, 1.82) is 0 Å². The van der Waals surface area contributed by atoms with E-state index in [9.17, 15) is 0 Å². The number of ether oxygens (including phenoxy) is 2. The highest BCUT2D eigenvalue weighted by Gasteiger charge is 2.46. The van der Waals surface area contributed by atoms with Crippen LogP contribution in [0.3, 0.4) is 0 Å². The summed E-state index contributed by atoms with van der Waals surface area (Å²) in [5.41, 5.74) is 2.18. The van der Waals surface area contributed by atoms with Gasteiger partial charge in [-0.25, -0.2) is 4.98 Å². The lowest BCUT2D eigenvalue weighted by Crippen LogP contribution is -2.26. The second-order valence-electron chi connectivity index (χ2n) is 7.88. The smallest absolute Gasteiger partial charge is 0.225 e. The molecule has 0 radical (unpaired) electrons. The number of pyridine rings is 1. The van der Waals surface area contributed by atoms with Gasteiger partial charge in [0.15, 0.2) is 0 Å². The molecule has 3 fully saturated rings. The van der Waals surface area contributed by atoms with Crippen LogP contribution in [0.25, 0.3) is 10.9 Å². The maximum atomic E-state index is 6.26. The summed E-state index contributed by atoms with van der Waals surface area (Å²) in [4.78, 5) is 7.19. The molecule has 1 N–H and O–H groups in total. The third-order valence-corrected chi connectivity index (χ3v) is 5.96. The predicted molar refractivity (Wildman–Crippen MR) is 94.9 cm³/mol. The fourth-order valence-corrected chi connectivity index (χ4v) is 4.43. The second-order valence-corrected chi connectivity index (χ2v) is 7.88. The average Bonchev–Trinajstić information content (AvgIpc) is 3.09. The number of rotatable bonds is 4. The van der Waals surface area contributed by atoms with Crippen LogP contribution in [0.5, 0.6) is 5.88 Å². The Hall–Kier alpha value is -1.66. The molecule has 1 saturated carbocycles. The highest BCUT2D eigenvalue weighted by Crippen LogP contribution is 2.48. The predicted octanol–water partition coefficient (Wildman–Crippen LogP) is 2.71. The third-order valence-electron chi connectivity index (χ3n) is 5.96. The van der Waals surface area contributed by atoms with Crippen molar-refractivity contribution < 1.29 is 9.47 Å². The lowest BCUT2D eigenvalue weighted by molar-refractivity contribution is 0.0244. The summed E-state index contributed by atoms with van der Waals surface area (Å²) in [7, 11) is 0. The van der Waals surface area contributed by atoms with Crippen LogP contribution in [0.1, 0.15) is 44.2 Å². The van der Waals surface area contributed by atoms with E-state index in [1.165, 1.54) is 31.6 Å². The van der Waals surface area contributed by atoms with Gasteiger partial charge in [0.25, 0.3) is 0 Å². The van der Waals surface area contributed by atoms with Gasteiger partial charge in [-0.15, -0.1) is 0 Å². The standard InChI is InChI=1S/C19H26N4O2/c1-12-3-7-23(11-12)16-10-14(16)18-17-15(21-22-18)2-6-20-19(17)25-13-4-8-24-9-5-13/h2,6,12-14,16H,3-5,7-11H2,1H3,(H,21,22)/t12-,14?,16?/m1/s1. The molecule has 2 unspecified atom stereocenters. The second kappa shape index (κ2) is 6.25. The van der Waals surface area contributed by atoms with Gasteiger partial charge >= 0.3 is 0 Å². The Morgan fingerprint density at radius 3 is 2.96 bits per heavy atom. The summed E-state index contributed by atoms with van der Waals surface area (Å²) in [6, 6.07) is 2.63. The van der Waals surface area contributed by atoms with E-state index in [-0.39, 0.29) is 6.10 Å². The van der Waals surface area contributed by atoms with Crippen molar-refractivity contribution in [3.63, 3.8) is 0 Å². The van der Waals surface area contributed by atoms with Crippen LogP contribution in [0, 0.1) is 5.92 Å². The number of hydrogen-bond donors (Lipinski definition) is 1. The number of likely N-dealkylation sites (tertiary alicyclic amines) is 1. The molecule has 0 spiro atoms. The van der Waals surface area contributed by atoms with Gasteiger partial charge in [-0.3, -0.25) is 10.00 Å². The molecule has 0 bridgehead atoms. The van der Waals surface area contributed by atoms with Gasteiger partial charge in [0.2, 0.25) is 5.88 Å². The Kier molecular flexibility index (Phi) is 3.90. The van der Waals surface area contributed by atoms with Gasteiger partial charge < -0.3 is 9.47 Å². The first-order chi connectivity index (χ1) is 12.3. The topological polar surface area (TPSA) is 63.3 Å². The minimum Gasteiger partial charge on any atom is -0.474 e. The average molecular weight is 342 g/mol. The van der Waals surface area contributed by atoms with Crippen molar-refractivity contribution in [3.05, 3.63) is 18.0 Å². The van der Waals surface area contributed by atoms with Crippen molar-refractivity contribution in [1.82, 2.24) is 20.1 Å². The fraction of sp³-hybridized carbons (Fsp3) is 0.684. The maximum absolute atomic E-state index is 6.26. The van der Waals surface area contributed by atoms with Gasteiger partial charge in [-0.2, -0.15) is 5.10 Å². The van der Waals surface area contributed by atoms with Crippen LogP contribution in [0.2, 0.25) is 0 Å². The molecule has 1 aliphatic carbocycles. The normalized spacial score (nSPS) is 30.8. The highest BCUT2D eigenvalue weighted by molar-refractivity contribution is 5.87. The molecule has 6 heteroatoms. The van der Waals surface area contributed by atoms with Crippen molar-refractivity contribution in [2.45, 2.75) is 50.7 Å². The maximum Gasteiger partial charge on any atom is 0.225 e. The van der Waals surface area contributed by atoms with Gasteiger partial charge in [0.05, 0.1) is 29.8 Å².